The van der Waals surface area contributed by atoms with E-state index in [9.17, 15) is 4.39 Å². The number of halogens is 1. The molecule has 0 aliphatic rings. The molecule has 0 spiro atoms. The second-order valence-electron chi connectivity index (χ2n) is 4.71. The van der Waals surface area contributed by atoms with Crippen LogP contribution >= 0.6 is 0 Å². The fourth-order valence-electron chi connectivity index (χ4n) is 1.92. The van der Waals surface area contributed by atoms with Gasteiger partial charge in [-0.3, -0.25) is 0 Å². The molecule has 0 heterocycles. The predicted octanol–water partition coefficient (Wildman–Crippen LogP) is 5.00. The Labute approximate surface area is 118 Å². The number of hydrogen-bond donors (Lipinski definition) is 0. The van der Waals surface area contributed by atoms with Crippen LogP contribution in [0.2, 0.25) is 0 Å². The standard InChI is InChI=1S/C17H16FNO/c1-3-12(2)13-7-9-14(10-8-13)20-17-6-4-5-16(18)15(17)11-19/h4-10,12H,3H2,1-2H3. The van der Waals surface area contributed by atoms with E-state index in [0.29, 0.717) is 11.7 Å². The molecule has 0 aliphatic heterocycles. The zero-order valence-electron chi connectivity index (χ0n) is 11.6. The SMILES string of the molecule is CCC(C)c1ccc(Oc2cccc(F)c2C#N)cc1. The van der Waals surface area contributed by atoms with Crippen LogP contribution in [0.4, 0.5) is 4.39 Å². The number of nitrogens with zero attached hydrogens (tertiary/aromatic N) is 1. The highest BCUT2D eigenvalue weighted by atomic mass is 19.1. The summed E-state index contributed by atoms with van der Waals surface area (Å²) in [6.07, 6.45) is 1.07. The summed E-state index contributed by atoms with van der Waals surface area (Å²) in [7, 11) is 0. The van der Waals surface area contributed by atoms with Crippen LogP contribution in [0.1, 0.15) is 37.3 Å². The summed E-state index contributed by atoms with van der Waals surface area (Å²) in [5.74, 6) is 0.761. The summed E-state index contributed by atoms with van der Waals surface area (Å²) in [5, 5.41) is 8.96. The van der Waals surface area contributed by atoms with Crippen molar-refractivity contribution in [3.8, 4) is 17.6 Å². The monoisotopic (exact) mass is 269 g/mol. The van der Waals surface area contributed by atoms with Crippen molar-refractivity contribution in [1.82, 2.24) is 0 Å². The lowest BCUT2D eigenvalue weighted by atomic mass is 9.99. The van der Waals surface area contributed by atoms with Crippen LogP contribution in [0.5, 0.6) is 11.5 Å². The van der Waals surface area contributed by atoms with Crippen molar-refractivity contribution >= 4 is 0 Å². The molecule has 0 N–H and O–H groups in total. The van der Waals surface area contributed by atoms with Crippen molar-refractivity contribution in [1.29, 1.82) is 5.26 Å². The molecule has 1 atom stereocenters. The summed E-state index contributed by atoms with van der Waals surface area (Å²) >= 11 is 0. The average Bonchev–Trinajstić information content (AvgIpc) is 2.47. The fourth-order valence-corrected chi connectivity index (χ4v) is 1.92. The quantitative estimate of drug-likeness (QED) is 0.782. The van der Waals surface area contributed by atoms with Gasteiger partial charge in [0.1, 0.15) is 28.9 Å². The molecule has 20 heavy (non-hydrogen) atoms. The van der Waals surface area contributed by atoms with E-state index in [-0.39, 0.29) is 11.3 Å². The van der Waals surface area contributed by atoms with Crippen LogP contribution in [-0.4, -0.2) is 0 Å². The van der Waals surface area contributed by atoms with Gasteiger partial charge < -0.3 is 4.74 Å². The Morgan fingerprint density at radius 1 is 1.20 bits per heavy atom. The Balaban J connectivity index is 2.23. The van der Waals surface area contributed by atoms with Crippen LogP contribution < -0.4 is 4.74 Å². The summed E-state index contributed by atoms with van der Waals surface area (Å²) in [6.45, 7) is 4.30. The van der Waals surface area contributed by atoms with Gasteiger partial charge >= 0.3 is 0 Å². The van der Waals surface area contributed by atoms with Crippen LogP contribution in [0.3, 0.4) is 0 Å². The van der Waals surface area contributed by atoms with Gasteiger partial charge in [0.25, 0.3) is 0 Å². The van der Waals surface area contributed by atoms with E-state index in [2.05, 4.69) is 13.8 Å². The molecule has 2 aromatic rings. The molecule has 1 unspecified atom stereocenters. The molecule has 0 aromatic heterocycles. The summed E-state index contributed by atoms with van der Waals surface area (Å²) in [5.41, 5.74) is 1.16. The van der Waals surface area contributed by atoms with Crippen molar-refractivity contribution < 1.29 is 9.13 Å². The molecule has 0 saturated carbocycles. The third-order valence-electron chi connectivity index (χ3n) is 3.38. The molecule has 0 amide bonds. The maximum atomic E-state index is 13.5. The Morgan fingerprint density at radius 2 is 1.90 bits per heavy atom. The van der Waals surface area contributed by atoms with E-state index in [1.165, 1.54) is 17.7 Å². The Bertz CT molecular complexity index is 628. The first-order valence-electron chi connectivity index (χ1n) is 6.62. The van der Waals surface area contributed by atoms with E-state index in [0.717, 1.165) is 6.42 Å². The molecule has 2 aromatic carbocycles. The molecule has 3 heteroatoms. The minimum Gasteiger partial charge on any atom is -0.456 e. The summed E-state index contributed by atoms with van der Waals surface area (Å²) < 4.78 is 19.1. The van der Waals surface area contributed by atoms with Crippen LogP contribution in [0, 0.1) is 17.1 Å². The van der Waals surface area contributed by atoms with E-state index >= 15 is 0 Å². The molecule has 2 nitrogen and oxygen atoms in total. The number of benzene rings is 2. The topological polar surface area (TPSA) is 33.0 Å². The van der Waals surface area contributed by atoms with E-state index < -0.39 is 5.82 Å². The molecule has 2 rings (SSSR count). The molecule has 0 saturated heterocycles. The lowest BCUT2D eigenvalue weighted by molar-refractivity contribution is 0.474. The van der Waals surface area contributed by atoms with E-state index in [1.807, 2.05) is 30.3 Å². The highest BCUT2D eigenvalue weighted by Crippen LogP contribution is 2.28. The molecule has 0 bridgehead atoms. The number of ether oxygens (including phenoxy) is 1. The average molecular weight is 269 g/mol. The normalized spacial score (nSPS) is 11.7. The van der Waals surface area contributed by atoms with Gasteiger partial charge in [0.15, 0.2) is 0 Å². The van der Waals surface area contributed by atoms with Gasteiger partial charge in [-0.05, 0) is 42.2 Å². The molecular weight excluding hydrogens is 253 g/mol. The summed E-state index contributed by atoms with van der Waals surface area (Å²) in [6, 6.07) is 13.9. The van der Waals surface area contributed by atoms with Crippen molar-refractivity contribution in [2.24, 2.45) is 0 Å². The third-order valence-corrected chi connectivity index (χ3v) is 3.38. The third kappa shape index (κ3) is 2.97. The lowest BCUT2D eigenvalue weighted by Gasteiger charge is -2.11. The molecule has 0 aliphatic carbocycles. The molecular formula is C17H16FNO. The Kier molecular flexibility index (Phi) is 4.37. The largest absolute Gasteiger partial charge is 0.456 e. The van der Waals surface area contributed by atoms with Crippen LogP contribution in [0.15, 0.2) is 42.5 Å². The van der Waals surface area contributed by atoms with Gasteiger partial charge in [-0.2, -0.15) is 5.26 Å². The zero-order chi connectivity index (χ0) is 14.5. The first-order chi connectivity index (χ1) is 9.65. The van der Waals surface area contributed by atoms with Crippen molar-refractivity contribution in [3.05, 3.63) is 59.4 Å². The minimum atomic E-state index is -0.568. The summed E-state index contributed by atoms with van der Waals surface area (Å²) in [4.78, 5) is 0. The fraction of sp³-hybridized carbons (Fsp3) is 0.235. The molecule has 0 fully saturated rings. The first-order valence-corrected chi connectivity index (χ1v) is 6.62. The van der Waals surface area contributed by atoms with Crippen molar-refractivity contribution in [2.45, 2.75) is 26.2 Å². The van der Waals surface area contributed by atoms with Gasteiger partial charge in [0.2, 0.25) is 0 Å². The van der Waals surface area contributed by atoms with Crippen molar-refractivity contribution in [3.63, 3.8) is 0 Å². The minimum absolute atomic E-state index is 0.0708. The van der Waals surface area contributed by atoms with Gasteiger partial charge in [0.05, 0.1) is 0 Å². The number of hydrogen-bond acceptors (Lipinski definition) is 2. The zero-order valence-corrected chi connectivity index (χ0v) is 11.6. The van der Waals surface area contributed by atoms with Gasteiger partial charge in [-0.15, -0.1) is 0 Å². The second kappa shape index (κ2) is 6.21. The van der Waals surface area contributed by atoms with Gasteiger partial charge in [0, 0.05) is 0 Å². The highest BCUT2D eigenvalue weighted by molar-refractivity contribution is 5.46. The lowest BCUT2D eigenvalue weighted by Crippen LogP contribution is -1.93. The highest BCUT2D eigenvalue weighted by Gasteiger charge is 2.10. The maximum Gasteiger partial charge on any atom is 0.148 e. The van der Waals surface area contributed by atoms with Crippen LogP contribution in [-0.2, 0) is 0 Å². The Hall–Kier alpha value is -2.34. The maximum absolute atomic E-state index is 13.5. The number of rotatable bonds is 4. The second-order valence-corrected chi connectivity index (χ2v) is 4.71. The first kappa shape index (κ1) is 14.1. The van der Waals surface area contributed by atoms with Crippen LogP contribution in [0.25, 0.3) is 0 Å². The van der Waals surface area contributed by atoms with E-state index in [4.69, 9.17) is 10.00 Å². The van der Waals surface area contributed by atoms with E-state index in [1.54, 1.807) is 6.07 Å². The molecule has 0 radical (unpaired) electrons. The van der Waals surface area contributed by atoms with Gasteiger partial charge in [-0.25, -0.2) is 4.39 Å². The van der Waals surface area contributed by atoms with Crippen molar-refractivity contribution in [2.75, 3.05) is 0 Å². The predicted molar refractivity (Wildman–Crippen MR) is 76.3 cm³/mol. The van der Waals surface area contributed by atoms with Gasteiger partial charge in [-0.1, -0.05) is 32.0 Å². The molecule has 102 valence electrons. The smallest absolute Gasteiger partial charge is 0.148 e. The number of nitriles is 1. The Morgan fingerprint density at radius 3 is 2.50 bits per heavy atom.